The largest absolute Gasteiger partial charge is 0.464 e. The van der Waals surface area contributed by atoms with Crippen molar-refractivity contribution in [2.45, 2.75) is 0 Å². The Labute approximate surface area is 161 Å². The summed E-state index contributed by atoms with van der Waals surface area (Å²) in [5.41, 5.74) is 2.74. The van der Waals surface area contributed by atoms with Gasteiger partial charge in [0.1, 0.15) is 27.8 Å². The Balaban J connectivity index is 1.71. The van der Waals surface area contributed by atoms with Gasteiger partial charge in [-0.25, -0.2) is 29.9 Å². The molecule has 9 heteroatoms. The minimum Gasteiger partial charge on any atom is -0.464 e. The second-order valence-corrected chi connectivity index (χ2v) is 6.88. The Morgan fingerprint density at radius 3 is 2.67 bits per heavy atom. The minimum absolute atomic E-state index is 0.361. The van der Waals surface area contributed by atoms with E-state index in [1.54, 1.807) is 37.1 Å². The van der Waals surface area contributed by atoms with E-state index in [9.17, 15) is 0 Å². The predicted molar refractivity (Wildman–Crippen MR) is 102 cm³/mol. The molecule has 0 N–H and O–H groups in total. The molecular weight excluding hydrogens is 384 g/mol. The lowest BCUT2D eigenvalue weighted by atomic mass is 10.2. The summed E-state index contributed by atoms with van der Waals surface area (Å²) in [6.45, 7) is 0. The van der Waals surface area contributed by atoms with E-state index in [0.29, 0.717) is 27.9 Å². The molecule has 0 saturated carbocycles. The third-order valence-corrected chi connectivity index (χ3v) is 5.35. The first-order chi connectivity index (χ1) is 13.3. The van der Waals surface area contributed by atoms with Crippen LogP contribution in [0.3, 0.4) is 0 Å². The molecule has 0 spiro atoms. The van der Waals surface area contributed by atoms with Gasteiger partial charge in [0.15, 0.2) is 5.82 Å². The SMILES string of the molecule is Clc1nc(-c2cncnc2)sc1-c1nc(-c2ncccn2)cc2occc12. The van der Waals surface area contributed by atoms with Gasteiger partial charge in [-0.3, -0.25) is 0 Å². The van der Waals surface area contributed by atoms with Crippen LogP contribution < -0.4 is 0 Å². The van der Waals surface area contributed by atoms with Crippen molar-refractivity contribution >= 4 is 33.9 Å². The number of rotatable bonds is 3. The van der Waals surface area contributed by atoms with Crippen molar-refractivity contribution in [2.24, 2.45) is 0 Å². The van der Waals surface area contributed by atoms with Crippen LogP contribution in [-0.4, -0.2) is 29.9 Å². The van der Waals surface area contributed by atoms with Crippen molar-refractivity contribution in [2.75, 3.05) is 0 Å². The summed E-state index contributed by atoms with van der Waals surface area (Å²) in [7, 11) is 0. The fourth-order valence-electron chi connectivity index (χ4n) is 2.67. The zero-order chi connectivity index (χ0) is 18.2. The molecule has 5 rings (SSSR count). The van der Waals surface area contributed by atoms with Gasteiger partial charge in [-0.1, -0.05) is 11.6 Å². The number of thiazole rings is 1. The van der Waals surface area contributed by atoms with Gasteiger partial charge >= 0.3 is 0 Å². The van der Waals surface area contributed by atoms with Gasteiger partial charge < -0.3 is 4.42 Å². The maximum atomic E-state index is 6.45. The maximum absolute atomic E-state index is 6.45. The van der Waals surface area contributed by atoms with E-state index < -0.39 is 0 Å². The molecule has 5 heterocycles. The van der Waals surface area contributed by atoms with Crippen LogP contribution in [0.5, 0.6) is 0 Å². The lowest BCUT2D eigenvalue weighted by molar-refractivity contribution is 0.615. The molecule has 0 fully saturated rings. The van der Waals surface area contributed by atoms with E-state index in [1.165, 1.54) is 17.7 Å². The molecule has 0 aliphatic heterocycles. The Kier molecular flexibility index (Phi) is 3.84. The number of hydrogen-bond donors (Lipinski definition) is 0. The summed E-state index contributed by atoms with van der Waals surface area (Å²) < 4.78 is 5.60. The summed E-state index contributed by atoms with van der Waals surface area (Å²) in [5, 5.41) is 1.92. The molecule has 0 bridgehead atoms. The van der Waals surface area contributed by atoms with Crippen molar-refractivity contribution in [1.29, 1.82) is 0 Å². The first-order valence-corrected chi connectivity index (χ1v) is 9.07. The molecule has 7 nitrogen and oxygen atoms in total. The summed E-state index contributed by atoms with van der Waals surface area (Å²) in [4.78, 5) is 26.6. The molecule has 0 aromatic carbocycles. The van der Waals surface area contributed by atoms with E-state index in [-0.39, 0.29) is 0 Å². The van der Waals surface area contributed by atoms with Crippen molar-refractivity contribution in [3.8, 4) is 32.7 Å². The van der Waals surface area contributed by atoms with Crippen molar-refractivity contribution < 1.29 is 4.42 Å². The highest BCUT2D eigenvalue weighted by Crippen LogP contribution is 2.40. The molecule has 5 aromatic rings. The van der Waals surface area contributed by atoms with Gasteiger partial charge in [-0.15, -0.1) is 11.3 Å². The summed E-state index contributed by atoms with van der Waals surface area (Å²) >= 11 is 7.87. The van der Waals surface area contributed by atoms with Crippen LogP contribution in [-0.2, 0) is 0 Å². The monoisotopic (exact) mass is 392 g/mol. The van der Waals surface area contributed by atoms with Gasteiger partial charge in [0.25, 0.3) is 0 Å². The second kappa shape index (κ2) is 6.49. The molecular formula is C18H9ClN6OS. The highest BCUT2D eigenvalue weighted by Gasteiger charge is 2.19. The Hall–Kier alpha value is -3.23. The smallest absolute Gasteiger partial charge is 0.178 e. The van der Waals surface area contributed by atoms with Crippen LogP contribution >= 0.6 is 22.9 Å². The average molecular weight is 393 g/mol. The molecule has 0 amide bonds. The quantitative estimate of drug-likeness (QED) is 0.445. The highest BCUT2D eigenvalue weighted by molar-refractivity contribution is 7.19. The molecule has 5 aromatic heterocycles. The highest BCUT2D eigenvalue weighted by atomic mass is 35.5. The van der Waals surface area contributed by atoms with Gasteiger partial charge in [-0.2, -0.15) is 0 Å². The number of hydrogen-bond acceptors (Lipinski definition) is 8. The molecule has 0 saturated heterocycles. The van der Waals surface area contributed by atoms with Crippen LogP contribution in [0.1, 0.15) is 0 Å². The minimum atomic E-state index is 0.361. The van der Waals surface area contributed by atoms with Crippen LogP contribution in [0, 0.1) is 0 Å². The Morgan fingerprint density at radius 2 is 1.85 bits per heavy atom. The lowest BCUT2D eigenvalue weighted by Gasteiger charge is -2.04. The lowest BCUT2D eigenvalue weighted by Crippen LogP contribution is -1.92. The molecule has 130 valence electrons. The molecule has 0 aliphatic carbocycles. The van der Waals surface area contributed by atoms with Crippen molar-refractivity contribution in [3.05, 3.63) is 60.7 Å². The van der Waals surface area contributed by atoms with E-state index >= 15 is 0 Å². The van der Waals surface area contributed by atoms with E-state index in [4.69, 9.17) is 21.0 Å². The summed E-state index contributed by atoms with van der Waals surface area (Å²) in [6, 6.07) is 5.42. The third-order valence-electron chi connectivity index (χ3n) is 3.85. The van der Waals surface area contributed by atoms with Gasteiger partial charge in [0.2, 0.25) is 0 Å². The van der Waals surface area contributed by atoms with Crippen LogP contribution in [0.2, 0.25) is 5.15 Å². The number of fused-ring (bicyclic) bond motifs is 1. The van der Waals surface area contributed by atoms with Gasteiger partial charge in [-0.05, 0) is 12.1 Å². The standard InChI is InChI=1S/C18H9ClN6OS/c19-16-15(27-18(25-16)10-7-20-9-21-8-10)14-11-2-5-26-13(11)6-12(24-14)17-22-3-1-4-23-17/h1-9H. The number of aromatic nitrogens is 6. The summed E-state index contributed by atoms with van der Waals surface area (Å²) in [6.07, 6.45) is 9.82. The van der Waals surface area contributed by atoms with Crippen molar-refractivity contribution in [3.63, 3.8) is 0 Å². The van der Waals surface area contributed by atoms with E-state index in [1.807, 2.05) is 12.1 Å². The van der Waals surface area contributed by atoms with E-state index in [2.05, 4.69) is 24.9 Å². The first kappa shape index (κ1) is 16.0. The van der Waals surface area contributed by atoms with Crippen LogP contribution in [0.15, 0.2) is 60.0 Å². The fraction of sp³-hybridized carbons (Fsp3) is 0. The fourth-order valence-corrected chi connectivity index (χ4v) is 3.94. The number of furan rings is 1. The number of halogens is 1. The zero-order valence-electron chi connectivity index (χ0n) is 13.6. The Morgan fingerprint density at radius 1 is 1.04 bits per heavy atom. The predicted octanol–water partition coefficient (Wildman–Crippen LogP) is 4.52. The summed E-state index contributed by atoms with van der Waals surface area (Å²) in [5.74, 6) is 0.509. The second-order valence-electron chi connectivity index (χ2n) is 5.53. The van der Waals surface area contributed by atoms with Crippen LogP contribution in [0.4, 0.5) is 0 Å². The molecule has 27 heavy (non-hydrogen) atoms. The van der Waals surface area contributed by atoms with E-state index in [0.717, 1.165) is 20.8 Å². The third kappa shape index (κ3) is 2.84. The molecule has 0 radical (unpaired) electrons. The molecule has 0 unspecified atom stereocenters. The maximum Gasteiger partial charge on any atom is 0.178 e. The number of pyridine rings is 1. The van der Waals surface area contributed by atoms with Crippen molar-refractivity contribution in [1.82, 2.24) is 29.9 Å². The normalized spacial score (nSPS) is 11.1. The molecule has 0 atom stereocenters. The Bertz CT molecular complexity index is 1240. The van der Waals surface area contributed by atoms with Gasteiger partial charge in [0.05, 0.1) is 16.8 Å². The first-order valence-electron chi connectivity index (χ1n) is 7.87. The van der Waals surface area contributed by atoms with Crippen LogP contribution in [0.25, 0.3) is 43.6 Å². The molecule has 0 aliphatic rings. The number of nitrogens with zero attached hydrogens (tertiary/aromatic N) is 6. The topological polar surface area (TPSA) is 90.5 Å². The average Bonchev–Trinajstić information content (AvgIpc) is 3.35. The zero-order valence-corrected chi connectivity index (χ0v) is 15.1. The van der Waals surface area contributed by atoms with Gasteiger partial charge in [0, 0.05) is 41.8 Å².